The molecular weight excluding hydrogens is 281 g/mol. The van der Waals surface area contributed by atoms with E-state index >= 15 is 0 Å². The Hall–Kier alpha value is -2.53. The number of aromatic nitrogens is 2. The summed E-state index contributed by atoms with van der Waals surface area (Å²) in [4.78, 5) is 17.3. The van der Waals surface area contributed by atoms with Gasteiger partial charge in [-0.05, 0) is 37.2 Å². The highest BCUT2D eigenvalue weighted by molar-refractivity contribution is 5.81. The first-order valence-corrected chi connectivity index (χ1v) is 7.09. The first-order chi connectivity index (χ1) is 10.6. The lowest BCUT2D eigenvalue weighted by atomic mass is 10.1. The van der Waals surface area contributed by atoms with Crippen molar-refractivity contribution in [1.82, 2.24) is 9.55 Å². The highest BCUT2D eigenvalue weighted by Gasteiger charge is 2.16. The molecule has 0 aliphatic heterocycles. The molecule has 1 aromatic heterocycles. The number of nitrogens with zero attached hydrogens (tertiary/aromatic N) is 2. The fourth-order valence-corrected chi connectivity index (χ4v) is 2.57. The van der Waals surface area contributed by atoms with Gasteiger partial charge in [0.25, 0.3) is 5.56 Å². The summed E-state index contributed by atoms with van der Waals surface area (Å²) in [5, 5.41) is 0.0182. The molecule has 0 aliphatic carbocycles. The third-order valence-corrected chi connectivity index (χ3v) is 3.63. The molecule has 0 aliphatic rings. The molecule has 0 bridgehead atoms. The van der Waals surface area contributed by atoms with Crippen molar-refractivity contribution in [2.45, 2.75) is 13.3 Å². The van der Waals surface area contributed by atoms with Crippen molar-refractivity contribution in [3.63, 3.8) is 0 Å². The molecule has 112 valence electrons. The molecule has 2 aromatic carbocycles. The van der Waals surface area contributed by atoms with Crippen LogP contribution in [0.5, 0.6) is 0 Å². The number of halogens is 1. The highest BCUT2D eigenvalue weighted by Crippen LogP contribution is 2.19. The Morgan fingerprint density at radius 3 is 2.59 bits per heavy atom. The number of para-hydroxylation sites is 1. The minimum absolute atomic E-state index is 0.0182. The van der Waals surface area contributed by atoms with Crippen LogP contribution in [0.25, 0.3) is 16.6 Å². The molecule has 3 aromatic rings. The highest BCUT2D eigenvalue weighted by atomic mass is 19.1. The monoisotopic (exact) mass is 297 g/mol. The molecule has 5 heteroatoms. The molecule has 4 nitrogen and oxygen atoms in total. The van der Waals surface area contributed by atoms with E-state index < -0.39 is 11.4 Å². The maximum absolute atomic E-state index is 14.2. The van der Waals surface area contributed by atoms with Crippen molar-refractivity contribution in [3.8, 4) is 5.69 Å². The molecule has 1 heterocycles. The van der Waals surface area contributed by atoms with Crippen molar-refractivity contribution in [2.24, 2.45) is 5.73 Å². The largest absolute Gasteiger partial charge is 0.330 e. The van der Waals surface area contributed by atoms with Crippen molar-refractivity contribution < 1.29 is 4.39 Å². The molecule has 0 amide bonds. The number of fused-ring (bicyclic) bond motifs is 1. The van der Waals surface area contributed by atoms with Crippen LogP contribution >= 0.6 is 0 Å². The summed E-state index contributed by atoms with van der Waals surface area (Å²) in [5.74, 6) is -0.0121. The van der Waals surface area contributed by atoms with Crippen LogP contribution in [-0.4, -0.2) is 16.1 Å². The lowest BCUT2D eigenvalue weighted by molar-refractivity contribution is 0.636. The van der Waals surface area contributed by atoms with Crippen LogP contribution in [0.1, 0.15) is 11.4 Å². The Kier molecular flexibility index (Phi) is 3.73. The van der Waals surface area contributed by atoms with Gasteiger partial charge in [0, 0.05) is 6.42 Å². The summed E-state index contributed by atoms with van der Waals surface area (Å²) in [6.45, 7) is 2.17. The fourth-order valence-electron chi connectivity index (χ4n) is 2.57. The van der Waals surface area contributed by atoms with Gasteiger partial charge in [-0.2, -0.15) is 0 Å². The van der Waals surface area contributed by atoms with Gasteiger partial charge in [0.15, 0.2) is 0 Å². The maximum Gasteiger partial charge on any atom is 0.268 e. The molecule has 22 heavy (non-hydrogen) atoms. The zero-order valence-corrected chi connectivity index (χ0v) is 12.2. The SMILES string of the molecule is Cc1ccc(F)c2c(=O)n(-c3ccccc3)c(CCN)nc12. The van der Waals surface area contributed by atoms with Crippen LogP contribution in [-0.2, 0) is 6.42 Å². The molecule has 0 fully saturated rings. The summed E-state index contributed by atoms with van der Waals surface area (Å²) in [5.41, 5.74) is 7.07. The number of aryl methyl sites for hydroxylation is 1. The lowest BCUT2D eigenvalue weighted by Gasteiger charge is -2.14. The van der Waals surface area contributed by atoms with Crippen molar-refractivity contribution in [1.29, 1.82) is 0 Å². The first-order valence-electron chi connectivity index (χ1n) is 7.09. The van der Waals surface area contributed by atoms with E-state index in [-0.39, 0.29) is 5.39 Å². The smallest absolute Gasteiger partial charge is 0.268 e. The summed E-state index contributed by atoms with van der Waals surface area (Å²) in [7, 11) is 0. The Labute approximate surface area is 127 Å². The average molecular weight is 297 g/mol. The second kappa shape index (κ2) is 5.69. The number of hydrogen-bond donors (Lipinski definition) is 1. The van der Waals surface area contributed by atoms with Crippen LogP contribution in [0.4, 0.5) is 4.39 Å². The predicted octanol–water partition coefficient (Wildman–Crippen LogP) is 2.33. The minimum Gasteiger partial charge on any atom is -0.330 e. The Morgan fingerprint density at radius 1 is 1.18 bits per heavy atom. The van der Waals surface area contributed by atoms with Crippen LogP contribution in [0.2, 0.25) is 0 Å². The Balaban J connectivity index is 2.45. The van der Waals surface area contributed by atoms with Crippen molar-refractivity contribution >= 4 is 10.9 Å². The number of nitrogens with two attached hydrogens (primary N) is 1. The molecule has 0 saturated heterocycles. The van der Waals surface area contributed by atoms with Gasteiger partial charge in [0.1, 0.15) is 17.0 Å². The second-order valence-electron chi connectivity index (χ2n) is 5.13. The topological polar surface area (TPSA) is 60.9 Å². The number of rotatable bonds is 3. The molecule has 0 spiro atoms. The third kappa shape index (κ3) is 2.29. The van der Waals surface area contributed by atoms with Gasteiger partial charge in [-0.3, -0.25) is 9.36 Å². The van der Waals surface area contributed by atoms with Gasteiger partial charge in [0.2, 0.25) is 0 Å². The van der Waals surface area contributed by atoms with E-state index in [4.69, 9.17) is 5.73 Å². The average Bonchev–Trinajstić information content (AvgIpc) is 2.52. The summed E-state index contributed by atoms with van der Waals surface area (Å²) < 4.78 is 15.6. The molecule has 0 atom stereocenters. The number of hydrogen-bond acceptors (Lipinski definition) is 3. The lowest BCUT2D eigenvalue weighted by Crippen LogP contribution is -2.26. The zero-order chi connectivity index (χ0) is 15.7. The summed E-state index contributed by atoms with van der Waals surface area (Å²) >= 11 is 0. The van der Waals surface area contributed by atoms with E-state index in [0.717, 1.165) is 5.56 Å². The number of benzene rings is 2. The predicted molar refractivity (Wildman–Crippen MR) is 84.8 cm³/mol. The minimum atomic E-state index is -0.554. The summed E-state index contributed by atoms with van der Waals surface area (Å²) in [6.07, 6.45) is 0.441. The van der Waals surface area contributed by atoms with Crippen molar-refractivity contribution in [2.75, 3.05) is 6.54 Å². The Bertz CT molecular complexity index is 888. The van der Waals surface area contributed by atoms with Gasteiger partial charge in [-0.1, -0.05) is 24.3 Å². The summed E-state index contributed by atoms with van der Waals surface area (Å²) in [6, 6.07) is 12.0. The molecule has 0 radical (unpaired) electrons. The van der Waals surface area contributed by atoms with Crippen LogP contribution < -0.4 is 11.3 Å². The first kappa shape index (κ1) is 14.4. The molecule has 0 saturated carbocycles. The standard InChI is InChI=1S/C17H16FN3O/c1-11-7-8-13(18)15-16(11)20-14(9-10-19)21(17(15)22)12-5-3-2-4-6-12/h2-8H,9-10,19H2,1H3. The Morgan fingerprint density at radius 2 is 1.91 bits per heavy atom. The normalized spacial score (nSPS) is 11.0. The van der Waals surface area contributed by atoms with Gasteiger partial charge in [-0.25, -0.2) is 9.37 Å². The van der Waals surface area contributed by atoms with Gasteiger partial charge >= 0.3 is 0 Å². The van der Waals surface area contributed by atoms with Gasteiger partial charge < -0.3 is 5.73 Å². The van der Waals surface area contributed by atoms with E-state index in [1.165, 1.54) is 10.6 Å². The van der Waals surface area contributed by atoms with Crippen LogP contribution in [0.15, 0.2) is 47.3 Å². The molecule has 0 unspecified atom stereocenters. The maximum atomic E-state index is 14.2. The fraction of sp³-hybridized carbons (Fsp3) is 0.176. The van der Waals surface area contributed by atoms with E-state index in [9.17, 15) is 9.18 Å². The van der Waals surface area contributed by atoms with E-state index in [2.05, 4.69) is 4.98 Å². The van der Waals surface area contributed by atoms with Crippen LogP contribution in [0.3, 0.4) is 0 Å². The van der Waals surface area contributed by atoms with Crippen molar-refractivity contribution in [3.05, 3.63) is 70.0 Å². The van der Waals surface area contributed by atoms with Gasteiger partial charge in [-0.15, -0.1) is 0 Å². The zero-order valence-electron chi connectivity index (χ0n) is 12.2. The molecular formula is C17H16FN3O. The van der Waals surface area contributed by atoms with Gasteiger partial charge in [0.05, 0.1) is 11.2 Å². The molecule has 3 rings (SSSR count). The van der Waals surface area contributed by atoms with E-state index in [0.29, 0.717) is 30.0 Å². The second-order valence-corrected chi connectivity index (χ2v) is 5.13. The van der Waals surface area contributed by atoms with Crippen LogP contribution in [0, 0.1) is 12.7 Å². The van der Waals surface area contributed by atoms with E-state index in [1.54, 1.807) is 18.2 Å². The quantitative estimate of drug-likeness (QED) is 0.807. The van der Waals surface area contributed by atoms with E-state index in [1.807, 2.05) is 25.1 Å². The molecule has 2 N–H and O–H groups in total. The third-order valence-electron chi connectivity index (χ3n) is 3.63.